The van der Waals surface area contributed by atoms with Crippen LogP contribution < -0.4 is 0 Å². The molecule has 0 aromatic rings. The van der Waals surface area contributed by atoms with Crippen LogP contribution in [0.2, 0.25) is 0 Å². The van der Waals surface area contributed by atoms with Crippen molar-refractivity contribution in [1.29, 1.82) is 0 Å². The van der Waals surface area contributed by atoms with Crippen molar-refractivity contribution < 1.29 is 39.2 Å². The minimum Gasteiger partial charge on any atom is -0.458 e. The van der Waals surface area contributed by atoms with Gasteiger partial charge in [-0.05, 0) is 24.5 Å². The Bertz CT molecular complexity index is 1150. The van der Waals surface area contributed by atoms with Crippen LogP contribution in [0.5, 0.6) is 0 Å². The lowest BCUT2D eigenvalue weighted by molar-refractivity contribution is -0.228. The van der Waals surface area contributed by atoms with E-state index in [-0.39, 0.29) is 19.4 Å². The molecule has 3 unspecified atom stereocenters. The number of fused-ring (bicyclic) bond motifs is 5. The van der Waals surface area contributed by atoms with E-state index >= 15 is 0 Å². The van der Waals surface area contributed by atoms with Crippen molar-refractivity contribution in [1.82, 2.24) is 0 Å². The van der Waals surface area contributed by atoms with Gasteiger partial charge in [0.1, 0.15) is 11.7 Å². The van der Waals surface area contributed by atoms with Crippen LogP contribution in [0, 0.1) is 29.1 Å². The van der Waals surface area contributed by atoms with Crippen LogP contribution in [0.1, 0.15) is 125 Å². The van der Waals surface area contributed by atoms with Gasteiger partial charge in [0.2, 0.25) is 0 Å². The van der Waals surface area contributed by atoms with Crippen LogP contribution in [-0.2, 0) is 23.9 Å². The van der Waals surface area contributed by atoms with E-state index in [0.717, 1.165) is 19.3 Å². The zero-order valence-electron chi connectivity index (χ0n) is 27.8. The summed E-state index contributed by atoms with van der Waals surface area (Å²) in [5.74, 6) is -4.29. The molecule has 248 valence electrons. The minimum atomic E-state index is -1.93. The van der Waals surface area contributed by atoms with Gasteiger partial charge < -0.3 is 24.8 Å². The molecular weight excluding hydrogens is 560 g/mol. The standard InChI is InChI=1S/C36H56O8/c1-7-8-9-10-11-12-13-14-15-16-17-18-29(39)43-32-24(3)35(42)27(30-33(5,6)36(30,32)44-25(4)38)20-26(22-37)21-34(41)28(35)19-23(2)31(34)40/h19-20,24,27-28,30,32,37,41-42H,7-18,21-22H2,1-6H3/t24-,27?,28?,30?,32-,34+,35-,36-/m1/s1. The molecule has 0 radical (unpaired) electrons. The smallest absolute Gasteiger partial charge is 0.306 e. The molecule has 0 amide bonds. The molecule has 4 rings (SSSR count). The van der Waals surface area contributed by atoms with Crippen molar-refractivity contribution in [3.63, 3.8) is 0 Å². The topological polar surface area (TPSA) is 130 Å². The average Bonchev–Trinajstić information content (AvgIpc) is 3.38. The second-order valence-electron chi connectivity index (χ2n) is 14.7. The molecule has 2 fully saturated rings. The Morgan fingerprint density at radius 1 is 0.955 bits per heavy atom. The lowest BCUT2D eigenvalue weighted by Crippen LogP contribution is -2.66. The number of esters is 2. The predicted octanol–water partition coefficient (Wildman–Crippen LogP) is 5.75. The first-order chi connectivity index (χ1) is 20.7. The highest BCUT2D eigenvalue weighted by molar-refractivity contribution is 6.04. The van der Waals surface area contributed by atoms with E-state index in [1.165, 1.54) is 51.9 Å². The molecule has 0 bridgehead atoms. The molecule has 8 atom stereocenters. The lowest BCUT2D eigenvalue weighted by Gasteiger charge is -2.53. The third-order valence-electron chi connectivity index (χ3n) is 11.5. The number of unbranched alkanes of at least 4 members (excludes halogenated alkanes) is 10. The summed E-state index contributed by atoms with van der Waals surface area (Å²) >= 11 is 0. The maximum absolute atomic E-state index is 13.3. The fourth-order valence-electron chi connectivity index (χ4n) is 9.20. The van der Waals surface area contributed by atoms with Gasteiger partial charge >= 0.3 is 11.9 Å². The van der Waals surface area contributed by atoms with E-state index in [1.54, 1.807) is 26.0 Å². The van der Waals surface area contributed by atoms with E-state index in [0.29, 0.717) is 17.6 Å². The third-order valence-corrected chi connectivity index (χ3v) is 11.5. The van der Waals surface area contributed by atoms with Crippen molar-refractivity contribution in [3.8, 4) is 0 Å². The van der Waals surface area contributed by atoms with E-state index < -0.39 is 69.7 Å². The molecule has 0 aromatic heterocycles. The van der Waals surface area contributed by atoms with Gasteiger partial charge in [0.25, 0.3) is 0 Å². The fraction of sp³-hybridized carbons (Fsp3) is 0.806. The number of carbonyl (C=O) groups excluding carboxylic acids is 3. The maximum Gasteiger partial charge on any atom is 0.306 e. The summed E-state index contributed by atoms with van der Waals surface area (Å²) < 4.78 is 12.3. The van der Waals surface area contributed by atoms with Gasteiger partial charge in [-0.1, -0.05) is 104 Å². The highest BCUT2D eigenvalue weighted by atomic mass is 16.6. The Kier molecular flexibility index (Phi) is 10.6. The summed E-state index contributed by atoms with van der Waals surface area (Å²) in [6, 6.07) is 0. The van der Waals surface area contributed by atoms with Crippen LogP contribution in [0.25, 0.3) is 0 Å². The number of aliphatic hydroxyl groups is 3. The molecule has 0 heterocycles. The van der Waals surface area contributed by atoms with Gasteiger partial charge in [0.05, 0.1) is 12.2 Å². The van der Waals surface area contributed by atoms with Crippen LogP contribution in [-0.4, -0.2) is 62.6 Å². The lowest BCUT2D eigenvalue weighted by atomic mass is 9.59. The summed E-state index contributed by atoms with van der Waals surface area (Å²) in [6.45, 7) is 10.4. The molecule has 0 aromatic carbocycles. The Morgan fingerprint density at radius 2 is 1.52 bits per heavy atom. The van der Waals surface area contributed by atoms with Crippen molar-refractivity contribution >= 4 is 17.7 Å². The molecule has 8 nitrogen and oxygen atoms in total. The van der Waals surface area contributed by atoms with Crippen molar-refractivity contribution in [3.05, 3.63) is 23.3 Å². The quantitative estimate of drug-likeness (QED) is 0.120. The summed E-state index contributed by atoms with van der Waals surface area (Å²) in [5, 5.41) is 34.8. The highest BCUT2D eigenvalue weighted by Crippen LogP contribution is 2.77. The number of Topliss-reactive ketones (excluding diaryl/α,β-unsaturated/α-hetero) is 1. The van der Waals surface area contributed by atoms with Gasteiger partial charge in [-0.3, -0.25) is 14.4 Å². The highest BCUT2D eigenvalue weighted by Gasteiger charge is 2.87. The van der Waals surface area contributed by atoms with Gasteiger partial charge in [-0.2, -0.15) is 0 Å². The molecule has 4 aliphatic rings. The fourth-order valence-corrected chi connectivity index (χ4v) is 9.20. The first-order valence-corrected chi connectivity index (χ1v) is 17.1. The van der Waals surface area contributed by atoms with E-state index in [2.05, 4.69) is 6.92 Å². The molecule has 0 aliphatic heterocycles. The van der Waals surface area contributed by atoms with E-state index in [4.69, 9.17) is 9.47 Å². The van der Waals surface area contributed by atoms with Crippen LogP contribution in [0.15, 0.2) is 23.3 Å². The summed E-state index contributed by atoms with van der Waals surface area (Å²) in [4.78, 5) is 39.1. The van der Waals surface area contributed by atoms with Crippen molar-refractivity contribution in [2.45, 2.75) is 148 Å². The molecule has 4 aliphatic carbocycles. The average molecular weight is 617 g/mol. The van der Waals surface area contributed by atoms with Crippen molar-refractivity contribution in [2.75, 3.05) is 6.61 Å². The number of rotatable bonds is 15. The number of aliphatic hydroxyl groups excluding tert-OH is 1. The monoisotopic (exact) mass is 616 g/mol. The summed E-state index contributed by atoms with van der Waals surface area (Å²) in [6.07, 6.45) is 15.4. The molecule has 0 saturated heterocycles. The Balaban J connectivity index is 1.51. The van der Waals surface area contributed by atoms with Crippen LogP contribution >= 0.6 is 0 Å². The number of hydrogen-bond donors (Lipinski definition) is 3. The second kappa shape index (κ2) is 13.4. The molecule has 3 N–H and O–H groups in total. The van der Waals surface area contributed by atoms with Gasteiger partial charge in [-0.15, -0.1) is 0 Å². The number of ether oxygens (including phenoxy) is 2. The molecular formula is C36H56O8. The summed E-state index contributed by atoms with van der Waals surface area (Å²) in [5.41, 5.74) is -4.71. The normalized spacial score (nSPS) is 36.8. The van der Waals surface area contributed by atoms with Gasteiger partial charge in [0.15, 0.2) is 11.4 Å². The first kappa shape index (κ1) is 34.8. The molecule has 44 heavy (non-hydrogen) atoms. The maximum atomic E-state index is 13.3. The Hall–Kier alpha value is -2.03. The van der Waals surface area contributed by atoms with Crippen LogP contribution in [0.4, 0.5) is 0 Å². The number of carbonyl (C=O) groups is 3. The summed E-state index contributed by atoms with van der Waals surface area (Å²) in [7, 11) is 0. The molecule has 2 saturated carbocycles. The Morgan fingerprint density at radius 3 is 2.07 bits per heavy atom. The van der Waals surface area contributed by atoms with Crippen LogP contribution in [0.3, 0.4) is 0 Å². The van der Waals surface area contributed by atoms with E-state index in [1.807, 2.05) is 13.8 Å². The largest absolute Gasteiger partial charge is 0.458 e. The molecule has 0 spiro atoms. The van der Waals surface area contributed by atoms with Gasteiger partial charge in [0, 0.05) is 48.9 Å². The van der Waals surface area contributed by atoms with Crippen molar-refractivity contribution in [2.24, 2.45) is 29.1 Å². The first-order valence-electron chi connectivity index (χ1n) is 17.1. The Labute approximate surface area is 263 Å². The zero-order chi connectivity index (χ0) is 32.5. The number of ketones is 1. The SMILES string of the molecule is CCCCCCCCCCCCCC(=O)O[C@@H]1[C@@H](C)[C@@]2(O)C(C=C(CO)C[C@@]3(O)C(=O)C(C)=CC23)C2C(C)(C)[C@@]21OC(C)=O. The molecule has 8 heteroatoms. The third kappa shape index (κ3) is 5.84. The number of hydrogen-bond acceptors (Lipinski definition) is 8. The van der Waals surface area contributed by atoms with E-state index in [9.17, 15) is 29.7 Å². The van der Waals surface area contributed by atoms with Gasteiger partial charge in [-0.25, -0.2) is 0 Å². The second-order valence-corrected chi connectivity index (χ2v) is 14.7. The predicted molar refractivity (Wildman–Crippen MR) is 167 cm³/mol. The minimum absolute atomic E-state index is 0.108. The zero-order valence-corrected chi connectivity index (χ0v) is 27.8.